The van der Waals surface area contributed by atoms with E-state index >= 15 is 0 Å². The van der Waals surface area contributed by atoms with Gasteiger partial charge in [0.2, 0.25) is 0 Å². The zero-order chi connectivity index (χ0) is 12.1. The van der Waals surface area contributed by atoms with Crippen molar-refractivity contribution in [3.63, 3.8) is 0 Å². The van der Waals surface area contributed by atoms with Crippen molar-refractivity contribution in [2.45, 2.75) is 19.3 Å². The molecule has 0 unspecified atom stereocenters. The quantitative estimate of drug-likeness (QED) is 0.799. The van der Waals surface area contributed by atoms with Gasteiger partial charge < -0.3 is 14.4 Å². The van der Waals surface area contributed by atoms with Crippen molar-refractivity contribution in [1.29, 1.82) is 0 Å². The van der Waals surface area contributed by atoms with E-state index in [2.05, 4.69) is 31.1 Å². The Morgan fingerprint density at radius 1 is 1.12 bits per heavy atom. The van der Waals surface area contributed by atoms with E-state index in [1.807, 2.05) is 6.07 Å². The molecule has 3 nitrogen and oxygen atoms in total. The fraction of sp³-hybridized carbons (Fsp3) is 0.571. The molecule has 0 aliphatic carbocycles. The molecule has 1 heterocycles. The third-order valence-corrected chi connectivity index (χ3v) is 2.88. The van der Waals surface area contributed by atoms with E-state index in [9.17, 15) is 0 Å². The molecule has 1 aromatic rings. The molecule has 1 aliphatic rings. The van der Waals surface area contributed by atoms with Crippen molar-refractivity contribution in [3.8, 4) is 11.5 Å². The van der Waals surface area contributed by atoms with Gasteiger partial charge in [0.05, 0.1) is 13.2 Å². The number of hydrogen-bond donors (Lipinski definition) is 0. The number of fused-ring (bicyclic) bond motifs is 1. The summed E-state index contributed by atoms with van der Waals surface area (Å²) >= 11 is 0. The van der Waals surface area contributed by atoms with Crippen LogP contribution in [0.2, 0.25) is 0 Å². The number of aryl methyl sites for hydroxylation is 1. The summed E-state index contributed by atoms with van der Waals surface area (Å²) in [6.07, 6.45) is 3.23. The van der Waals surface area contributed by atoms with Crippen LogP contribution >= 0.6 is 0 Å². The first kappa shape index (κ1) is 12.2. The molecule has 0 N–H and O–H groups in total. The molecule has 2 rings (SSSR count). The number of benzene rings is 1. The summed E-state index contributed by atoms with van der Waals surface area (Å²) < 4.78 is 11.3. The van der Waals surface area contributed by atoms with Crippen molar-refractivity contribution >= 4 is 0 Å². The third-order valence-electron chi connectivity index (χ3n) is 2.88. The first-order valence-electron chi connectivity index (χ1n) is 6.29. The topological polar surface area (TPSA) is 21.7 Å². The smallest absolute Gasteiger partial charge is 0.161 e. The minimum absolute atomic E-state index is 0.757. The number of ether oxygens (including phenoxy) is 2. The van der Waals surface area contributed by atoms with Crippen LogP contribution in [0.3, 0.4) is 0 Å². The molecule has 0 spiro atoms. The fourth-order valence-corrected chi connectivity index (χ4v) is 1.96. The lowest BCUT2D eigenvalue weighted by atomic mass is 10.1. The van der Waals surface area contributed by atoms with Gasteiger partial charge in [-0.1, -0.05) is 6.07 Å². The van der Waals surface area contributed by atoms with Gasteiger partial charge in [-0.3, -0.25) is 0 Å². The van der Waals surface area contributed by atoms with Crippen LogP contribution in [0, 0.1) is 0 Å². The molecular formula is C14H21NO2. The maximum Gasteiger partial charge on any atom is 0.161 e. The molecule has 0 saturated heterocycles. The van der Waals surface area contributed by atoms with Gasteiger partial charge in [-0.25, -0.2) is 0 Å². The highest BCUT2D eigenvalue weighted by Gasteiger charge is 2.10. The SMILES string of the molecule is CN(C)CCCc1ccc2c(c1)OCCCO2. The predicted molar refractivity (Wildman–Crippen MR) is 68.9 cm³/mol. The minimum atomic E-state index is 0.757. The lowest BCUT2D eigenvalue weighted by molar-refractivity contribution is 0.297. The number of nitrogens with zero attached hydrogens (tertiary/aromatic N) is 1. The van der Waals surface area contributed by atoms with Crippen LogP contribution in [0.5, 0.6) is 11.5 Å². The Hall–Kier alpha value is -1.22. The van der Waals surface area contributed by atoms with Gasteiger partial charge in [0, 0.05) is 6.42 Å². The molecule has 0 fully saturated rings. The first-order chi connectivity index (χ1) is 8.25. The van der Waals surface area contributed by atoms with Gasteiger partial charge >= 0.3 is 0 Å². The van der Waals surface area contributed by atoms with Crippen molar-refractivity contribution in [2.75, 3.05) is 33.9 Å². The third kappa shape index (κ3) is 3.63. The second-order valence-electron chi connectivity index (χ2n) is 4.74. The summed E-state index contributed by atoms with van der Waals surface area (Å²) in [6, 6.07) is 6.30. The van der Waals surface area contributed by atoms with Crippen LogP contribution < -0.4 is 9.47 Å². The summed E-state index contributed by atoms with van der Waals surface area (Å²) in [5.41, 5.74) is 1.33. The van der Waals surface area contributed by atoms with Gasteiger partial charge in [0.25, 0.3) is 0 Å². The minimum Gasteiger partial charge on any atom is -0.490 e. The van der Waals surface area contributed by atoms with Crippen molar-refractivity contribution in [2.24, 2.45) is 0 Å². The average Bonchev–Trinajstić information content (AvgIpc) is 2.53. The average molecular weight is 235 g/mol. The van der Waals surface area contributed by atoms with E-state index in [4.69, 9.17) is 9.47 Å². The van der Waals surface area contributed by atoms with Crippen molar-refractivity contribution in [3.05, 3.63) is 23.8 Å². The molecule has 0 radical (unpaired) electrons. The Morgan fingerprint density at radius 2 is 1.88 bits per heavy atom. The van der Waals surface area contributed by atoms with E-state index < -0.39 is 0 Å². The molecule has 0 atom stereocenters. The first-order valence-corrected chi connectivity index (χ1v) is 6.29. The Bertz CT molecular complexity index is 363. The van der Waals surface area contributed by atoms with E-state index in [1.54, 1.807) is 0 Å². The summed E-state index contributed by atoms with van der Waals surface area (Å²) in [7, 11) is 4.21. The zero-order valence-electron chi connectivity index (χ0n) is 10.7. The van der Waals surface area contributed by atoms with Gasteiger partial charge in [-0.15, -0.1) is 0 Å². The maximum atomic E-state index is 5.68. The Balaban J connectivity index is 1.97. The second-order valence-corrected chi connectivity index (χ2v) is 4.74. The number of hydrogen-bond acceptors (Lipinski definition) is 3. The highest BCUT2D eigenvalue weighted by Crippen LogP contribution is 2.30. The molecule has 0 aromatic heterocycles. The summed E-state index contributed by atoms with van der Waals surface area (Å²) in [5.74, 6) is 1.80. The molecule has 0 saturated carbocycles. The van der Waals surface area contributed by atoms with Crippen LogP contribution in [0.15, 0.2) is 18.2 Å². The van der Waals surface area contributed by atoms with Crippen molar-refractivity contribution in [1.82, 2.24) is 4.90 Å². The summed E-state index contributed by atoms with van der Waals surface area (Å²) in [6.45, 7) is 2.63. The van der Waals surface area contributed by atoms with E-state index in [1.165, 1.54) is 12.0 Å². The molecule has 1 aliphatic heterocycles. The Morgan fingerprint density at radius 3 is 2.65 bits per heavy atom. The van der Waals surface area contributed by atoms with Crippen LogP contribution in [-0.2, 0) is 6.42 Å². The molecular weight excluding hydrogens is 214 g/mol. The fourth-order valence-electron chi connectivity index (χ4n) is 1.96. The van der Waals surface area contributed by atoms with Gasteiger partial charge in [0.15, 0.2) is 11.5 Å². The van der Waals surface area contributed by atoms with Gasteiger partial charge in [-0.2, -0.15) is 0 Å². The Labute approximate surface area is 103 Å². The lowest BCUT2D eigenvalue weighted by Crippen LogP contribution is -2.13. The normalized spacial score (nSPS) is 14.8. The highest BCUT2D eigenvalue weighted by molar-refractivity contribution is 5.43. The maximum absolute atomic E-state index is 5.68. The highest BCUT2D eigenvalue weighted by atomic mass is 16.5. The molecule has 1 aromatic carbocycles. The second kappa shape index (κ2) is 5.92. The summed E-state index contributed by atoms with van der Waals surface area (Å²) in [5, 5.41) is 0. The lowest BCUT2D eigenvalue weighted by Gasteiger charge is -2.11. The standard InChI is InChI=1S/C14H21NO2/c1-15(2)8-3-5-12-6-7-13-14(11-12)17-10-4-9-16-13/h6-7,11H,3-5,8-10H2,1-2H3. The van der Waals surface area contributed by atoms with Gasteiger partial charge in [-0.05, 0) is 51.2 Å². The molecule has 3 heteroatoms. The van der Waals surface area contributed by atoms with Crippen LogP contribution in [0.4, 0.5) is 0 Å². The summed E-state index contributed by atoms with van der Waals surface area (Å²) in [4.78, 5) is 2.21. The van der Waals surface area contributed by atoms with E-state index in [-0.39, 0.29) is 0 Å². The zero-order valence-corrected chi connectivity index (χ0v) is 10.7. The largest absolute Gasteiger partial charge is 0.490 e. The van der Waals surface area contributed by atoms with Crippen LogP contribution in [-0.4, -0.2) is 38.8 Å². The molecule has 0 bridgehead atoms. The number of rotatable bonds is 4. The predicted octanol–water partition coefficient (Wildman–Crippen LogP) is 2.34. The van der Waals surface area contributed by atoms with Crippen molar-refractivity contribution < 1.29 is 9.47 Å². The Kier molecular flexibility index (Phi) is 4.26. The molecule has 94 valence electrons. The van der Waals surface area contributed by atoms with Gasteiger partial charge in [0.1, 0.15) is 0 Å². The van der Waals surface area contributed by atoms with Crippen LogP contribution in [0.1, 0.15) is 18.4 Å². The van der Waals surface area contributed by atoms with Crippen LogP contribution in [0.25, 0.3) is 0 Å². The monoisotopic (exact) mass is 235 g/mol. The van der Waals surface area contributed by atoms with E-state index in [0.29, 0.717) is 0 Å². The molecule has 0 amide bonds. The van der Waals surface area contributed by atoms with E-state index in [0.717, 1.165) is 44.1 Å². The molecule has 17 heavy (non-hydrogen) atoms.